The minimum absolute atomic E-state index is 0.112. The Balaban J connectivity index is 2.02. The smallest absolute Gasteiger partial charge is 0.0574 e. The Morgan fingerprint density at radius 2 is 1.88 bits per heavy atom. The van der Waals surface area contributed by atoms with E-state index in [1.807, 2.05) is 0 Å². The second kappa shape index (κ2) is 5.52. The van der Waals surface area contributed by atoms with Crippen LogP contribution in [0, 0.1) is 0 Å². The molecule has 0 unspecified atom stereocenters. The molecule has 0 aromatic heterocycles. The molecule has 1 aliphatic heterocycles. The quantitative estimate of drug-likeness (QED) is 0.841. The highest BCUT2D eigenvalue weighted by Crippen LogP contribution is 2.22. The third kappa shape index (κ3) is 2.99. The third-order valence-corrected chi connectivity index (χ3v) is 3.59. The Bertz CT molecular complexity index is 342. The van der Waals surface area contributed by atoms with Crippen LogP contribution in [-0.2, 0) is 0 Å². The number of aliphatic hydroxyl groups excluding tert-OH is 1. The molecule has 2 rings (SSSR count). The van der Waals surface area contributed by atoms with Gasteiger partial charge >= 0.3 is 0 Å². The molecule has 1 aromatic rings. The molecular formula is C14H22N2O. The molecule has 3 N–H and O–H groups in total. The van der Waals surface area contributed by atoms with Gasteiger partial charge in [0, 0.05) is 24.8 Å². The molecule has 94 valence electrons. The first kappa shape index (κ1) is 12.4. The van der Waals surface area contributed by atoms with Crippen LogP contribution < -0.4 is 10.6 Å². The standard InChI is InChI=1S/C14H22N2O/c1-2-14(15)11-3-5-12(6-4-11)16-9-7-13(17)8-10-16/h3-6,13-14,17H,2,7-10,15H2,1H3/t14-/m0/s1. The van der Waals surface area contributed by atoms with E-state index in [9.17, 15) is 5.11 Å². The summed E-state index contributed by atoms with van der Waals surface area (Å²) in [4.78, 5) is 2.33. The number of benzene rings is 1. The predicted octanol–water partition coefficient (Wildman–Crippen LogP) is 2.06. The second-order valence-electron chi connectivity index (χ2n) is 4.82. The van der Waals surface area contributed by atoms with Gasteiger partial charge in [0.1, 0.15) is 0 Å². The van der Waals surface area contributed by atoms with E-state index in [1.165, 1.54) is 11.3 Å². The van der Waals surface area contributed by atoms with Crippen LogP contribution >= 0.6 is 0 Å². The molecule has 1 aromatic carbocycles. The molecule has 0 spiro atoms. The van der Waals surface area contributed by atoms with Crippen molar-refractivity contribution < 1.29 is 5.11 Å². The lowest BCUT2D eigenvalue weighted by Crippen LogP contribution is -2.35. The van der Waals surface area contributed by atoms with Gasteiger partial charge in [0.05, 0.1) is 6.10 Å². The lowest BCUT2D eigenvalue weighted by Gasteiger charge is -2.31. The number of nitrogens with two attached hydrogens (primary N) is 1. The zero-order chi connectivity index (χ0) is 12.3. The number of anilines is 1. The molecule has 17 heavy (non-hydrogen) atoms. The number of hydrogen-bond donors (Lipinski definition) is 2. The highest BCUT2D eigenvalue weighted by Gasteiger charge is 2.17. The molecule has 1 saturated heterocycles. The van der Waals surface area contributed by atoms with Gasteiger partial charge < -0.3 is 15.7 Å². The molecule has 1 atom stereocenters. The molecule has 0 saturated carbocycles. The maximum Gasteiger partial charge on any atom is 0.0574 e. The van der Waals surface area contributed by atoms with E-state index in [2.05, 4.69) is 36.1 Å². The van der Waals surface area contributed by atoms with Crippen LogP contribution in [0.3, 0.4) is 0 Å². The highest BCUT2D eigenvalue weighted by atomic mass is 16.3. The fourth-order valence-corrected chi connectivity index (χ4v) is 2.29. The molecule has 1 heterocycles. The van der Waals surface area contributed by atoms with Crippen LogP contribution in [0.2, 0.25) is 0 Å². The van der Waals surface area contributed by atoms with Crippen molar-refractivity contribution >= 4 is 5.69 Å². The topological polar surface area (TPSA) is 49.5 Å². The molecular weight excluding hydrogens is 212 g/mol. The SMILES string of the molecule is CC[C@H](N)c1ccc(N2CCC(O)CC2)cc1. The Labute approximate surface area is 103 Å². The molecule has 0 radical (unpaired) electrons. The summed E-state index contributed by atoms with van der Waals surface area (Å²) in [7, 11) is 0. The minimum Gasteiger partial charge on any atom is -0.393 e. The zero-order valence-electron chi connectivity index (χ0n) is 10.5. The van der Waals surface area contributed by atoms with Crippen molar-refractivity contribution in [1.82, 2.24) is 0 Å². The Morgan fingerprint density at radius 3 is 2.41 bits per heavy atom. The number of aliphatic hydroxyl groups is 1. The van der Waals surface area contributed by atoms with Crippen molar-refractivity contribution in [2.24, 2.45) is 5.73 Å². The van der Waals surface area contributed by atoms with Crippen molar-refractivity contribution in [3.63, 3.8) is 0 Å². The maximum atomic E-state index is 9.48. The molecule has 3 nitrogen and oxygen atoms in total. The number of hydrogen-bond acceptors (Lipinski definition) is 3. The van der Waals surface area contributed by atoms with E-state index in [0.717, 1.165) is 32.4 Å². The van der Waals surface area contributed by atoms with Crippen LogP contribution in [0.15, 0.2) is 24.3 Å². The Hall–Kier alpha value is -1.06. The largest absolute Gasteiger partial charge is 0.393 e. The van der Waals surface area contributed by atoms with E-state index in [1.54, 1.807) is 0 Å². The van der Waals surface area contributed by atoms with E-state index < -0.39 is 0 Å². The normalized spacial score (nSPS) is 19.4. The summed E-state index contributed by atoms with van der Waals surface area (Å²) in [5.41, 5.74) is 8.44. The third-order valence-electron chi connectivity index (χ3n) is 3.59. The summed E-state index contributed by atoms with van der Waals surface area (Å²) in [5.74, 6) is 0. The second-order valence-corrected chi connectivity index (χ2v) is 4.82. The van der Waals surface area contributed by atoms with Crippen molar-refractivity contribution in [2.75, 3.05) is 18.0 Å². The molecule has 0 bridgehead atoms. The summed E-state index contributed by atoms with van der Waals surface area (Å²) < 4.78 is 0. The average Bonchev–Trinajstić information content (AvgIpc) is 2.39. The molecule has 1 fully saturated rings. The van der Waals surface area contributed by atoms with Crippen molar-refractivity contribution in [1.29, 1.82) is 0 Å². The highest BCUT2D eigenvalue weighted by molar-refractivity contribution is 5.48. The average molecular weight is 234 g/mol. The van der Waals surface area contributed by atoms with Crippen molar-refractivity contribution in [2.45, 2.75) is 38.3 Å². The fourth-order valence-electron chi connectivity index (χ4n) is 2.29. The van der Waals surface area contributed by atoms with E-state index in [0.29, 0.717) is 0 Å². The van der Waals surface area contributed by atoms with Gasteiger partial charge in [0.25, 0.3) is 0 Å². The Kier molecular flexibility index (Phi) is 4.02. The van der Waals surface area contributed by atoms with Gasteiger partial charge in [0.2, 0.25) is 0 Å². The maximum absolute atomic E-state index is 9.48. The first-order valence-electron chi connectivity index (χ1n) is 6.49. The summed E-state index contributed by atoms with van der Waals surface area (Å²) >= 11 is 0. The van der Waals surface area contributed by atoms with Gasteiger partial charge in [-0.2, -0.15) is 0 Å². The predicted molar refractivity (Wildman–Crippen MR) is 71.1 cm³/mol. The number of rotatable bonds is 3. The molecule has 0 aliphatic carbocycles. The zero-order valence-corrected chi connectivity index (χ0v) is 10.5. The summed E-state index contributed by atoms with van der Waals surface area (Å²) in [6, 6.07) is 8.67. The molecule has 3 heteroatoms. The lowest BCUT2D eigenvalue weighted by atomic mass is 10.0. The van der Waals surface area contributed by atoms with Gasteiger partial charge in [-0.25, -0.2) is 0 Å². The first-order valence-corrected chi connectivity index (χ1v) is 6.49. The van der Waals surface area contributed by atoms with Crippen LogP contribution in [0.4, 0.5) is 5.69 Å². The van der Waals surface area contributed by atoms with E-state index in [-0.39, 0.29) is 12.1 Å². The van der Waals surface area contributed by atoms with Gasteiger partial charge in [-0.05, 0) is 37.0 Å². The Morgan fingerprint density at radius 1 is 1.29 bits per heavy atom. The molecule has 0 amide bonds. The van der Waals surface area contributed by atoms with Crippen molar-refractivity contribution in [3.8, 4) is 0 Å². The monoisotopic (exact) mass is 234 g/mol. The summed E-state index contributed by atoms with van der Waals surface area (Å²) in [6.45, 7) is 3.99. The number of piperidine rings is 1. The minimum atomic E-state index is -0.112. The van der Waals surface area contributed by atoms with E-state index in [4.69, 9.17) is 5.73 Å². The summed E-state index contributed by atoms with van der Waals surface area (Å²) in [5, 5.41) is 9.48. The van der Waals surface area contributed by atoms with Crippen LogP contribution in [-0.4, -0.2) is 24.3 Å². The first-order chi connectivity index (χ1) is 8.20. The van der Waals surface area contributed by atoms with Crippen LogP contribution in [0.5, 0.6) is 0 Å². The fraction of sp³-hybridized carbons (Fsp3) is 0.571. The number of nitrogens with zero attached hydrogens (tertiary/aromatic N) is 1. The summed E-state index contributed by atoms with van der Waals surface area (Å²) in [6.07, 6.45) is 2.60. The van der Waals surface area contributed by atoms with Gasteiger partial charge in [-0.3, -0.25) is 0 Å². The van der Waals surface area contributed by atoms with E-state index >= 15 is 0 Å². The van der Waals surface area contributed by atoms with Crippen molar-refractivity contribution in [3.05, 3.63) is 29.8 Å². The molecule has 1 aliphatic rings. The van der Waals surface area contributed by atoms with Crippen LogP contribution in [0.25, 0.3) is 0 Å². The lowest BCUT2D eigenvalue weighted by molar-refractivity contribution is 0.145. The van der Waals surface area contributed by atoms with Gasteiger partial charge in [-0.15, -0.1) is 0 Å². The van der Waals surface area contributed by atoms with Gasteiger partial charge in [0.15, 0.2) is 0 Å². The van der Waals surface area contributed by atoms with Crippen LogP contribution in [0.1, 0.15) is 37.8 Å². The van der Waals surface area contributed by atoms with Gasteiger partial charge in [-0.1, -0.05) is 19.1 Å².